The number of aryl methyl sites for hydroxylation is 1. The van der Waals surface area contributed by atoms with E-state index in [1.165, 1.54) is 0 Å². The first-order valence-corrected chi connectivity index (χ1v) is 6.04. The minimum Gasteiger partial charge on any atom is -0.327 e. The highest BCUT2D eigenvalue weighted by molar-refractivity contribution is 5.97. The Balaban J connectivity index is 2.23. The van der Waals surface area contributed by atoms with Gasteiger partial charge in [0.15, 0.2) is 5.78 Å². The highest BCUT2D eigenvalue weighted by Gasteiger charge is 2.11. The molecule has 2 heterocycles. The third kappa shape index (κ3) is 1.91. The maximum absolute atomic E-state index is 11.4. The number of aromatic nitrogens is 3. The van der Waals surface area contributed by atoms with Crippen LogP contribution in [-0.2, 0) is 7.05 Å². The Morgan fingerprint density at radius 2 is 1.89 bits per heavy atom. The van der Waals surface area contributed by atoms with Gasteiger partial charge in [0.2, 0.25) is 0 Å². The molecule has 0 atom stereocenters. The van der Waals surface area contributed by atoms with Gasteiger partial charge < -0.3 is 4.57 Å². The van der Waals surface area contributed by atoms with Crippen molar-refractivity contribution in [1.29, 1.82) is 0 Å². The number of fused-ring (bicyclic) bond motifs is 1. The Morgan fingerprint density at radius 1 is 1.16 bits per heavy atom. The van der Waals surface area contributed by atoms with Gasteiger partial charge in [-0.3, -0.25) is 9.78 Å². The van der Waals surface area contributed by atoms with Crippen molar-refractivity contribution in [3.05, 3.63) is 48.3 Å². The smallest absolute Gasteiger partial charge is 0.159 e. The van der Waals surface area contributed by atoms with E-state index in [4.69, 9.17) is 0 Å². The molecule has 0 spiro atoms. The number of benzene rings is 1. The van der Waals surface area contributed by atoms with Gasteiger partial charge in [0.05, 0.1) is 11.0 Å². The van der Waals surface area contributed by atoms with Crippen molar-refractivity contribution in [2.24, 2.45) is 7.05 Å². The number of rotatable bonds is 2. The van der Waals surface area contributed by atoms with Gasteiger partial charge in [-0.15, -0.1) is 0 Å². The standard InChI is InChI=1S/C15H13N3O/c1-10(19)12-3-4-14-13(9-12)17-15(18(14)2)11-5-7-16-8-6-11/h3-9H,1-2H3. The average molecular weight is 251 g/mol. The highest BCUT2D eigenvalue weighted by atomic mass is 16.1. The van der Waals surface area contributed by atoms with Crippen LogP contribution in [0.4, 0.5) is 0 Å². The van der Waals surface area contributed by atoms with Crippen LogP contribution in [0.15, 0.2) is 42.7 Å². The molecule has 1 aromatic carbocycles. The van der Waals surface area contributed by atoms with Gasteiger partial charge in [0.1, 0.15) is 5.82 Å². The Morgan fingerprint density at radius 3 is 2.58 bits per heavy atom. The van der Waals surface area contributed by atoms with E-state index in [1.807, 2.05) is 41.9 Å². The van der Waals surface area contributed by atoms with Gasteiger partial charge in [0.25, 0.3) is 0 Å². The Hall–Kier alpha value is -2.49. The second-order valence-electron chi connectivity index (χ2n) is 4.49. The van der Waals surface area contributed by atoms with Crippen LogP contribution < -0.4 is 0 Å². The lowest BCUT2D eigenvalue weighted by atomic mass is 10.1. The van der Waals surface area contributed by atoms with E-state index in [1.54, 1.807) is 19.3 Å². The molecule has 2 aromatic heterocycles. The van der Waals surface area contributed by atoms with Gasteiger partial charge in [-0.25, -0.2) is 4.98 Å². The van der Waals surface area contributed by atoms with E-state index < -0.39 is 0 Å². The molecule has 4 nitrogen and oxygen atoms in total. The second kappa shape index (κ2) is 4.31. The lowest BCUT2D eigenvalue weighted by Crippen LogP contribution is -1.93. The molecule has 0 N–H and O–H groups in total. The summed E-state index contributed by atoms with van der Waals surface area (Å²) in [6, 6.07) is 9.45. The van der Waals surface area contributed by atoms with Crippen molar-refractivity contribution in [2.45, 2.75) is 6.92 Å². The molecule has 0 saturated heterocycles. The fraction of sp³-hybridized carbons (Fsp3) is 0.133. The van der Waals surface area contributed by atoms with E-state index >= 15 is 0 Å². The summed E-state index contributed by atoms with van der Waals surface area (Å²) in [6.07, 6.45) is 3.49. The third-order valence-corrected chi connectivity index (χ3v) is 3.23. The summed E-state index contributed by atoms with van der Waals surface area (Å²) < 4.78 is 2.02. The zero-order chi connectivity index (χ0) is 13.4. The van der Waals surface area contributed by atoms with Crippen LogP contribution in [-0.4, -0.2) is 20.3 Å². The molecule has 4 heteroatoms. The van der Waals surface area contributed by atoms with E-state index in [2.05, 4.69) is 9.97 Å². The molecule has 19 heavy (non-hydrogen) atoms. The summed E-state index contributed by atoms with van der Waals surface area (Å²) in [5.74, 6) is 0.927. The Kier molecular flexibility index (Phi) is 2.63. The highest BCUT2D eigenvalue weighted by Crippen LogP contribution is 2.23. The largest absolute Gasteiger partial charge is 0.327 e. The first-order valence-electron chi connectivity index (χ1n) is 6.04. The van der Waals surface area contributed by atoms with Crippen LogP contribution >= 0.6 is 0 Å². The van der Waals surface area contributed by atoms with Gasteiger partial charge in [-0.1, -0.05) is 0 Å². The number of hydrogen-bond acceptors (Lipinski definition) is 3. The van der Waals surface area contributed by atoms with Crippen LogP contribution in [0.25, 0.3) is 22.4 Å². The molecule has 0 fully saturated rings. The van der Waals surface area contributed by atoms with Crippen molar-refractivity contribution in [3.63, 3.8) is 0 Å². The second-order valence-corrected chi connectivity index (χ2v) is 4.49. The number of nitrogens with zero attached hydrogens (tertiary/aromatic N) is 3. The Labute approximate surface area is 110 Å². The molecule has 0 aliphatic rings. The predicted molar refractivity (Wildman–Crippen MR) is 73.9 cm³/mol. The predicted octanol–water partition coefficient (Wildman–Crippen LogP) is 2.84. The lowest BCUT2D eigenvalue weighted by Gasteiger charge is -2.01. The molecule has 3 aromatic rings. The van der Waals surface area contributed by atoms with Crippen molar-refractivity contribution in [1.82, 2.24) is 14.5 Å². The number of carbonyl (C=O) groups excluding carboxylic acids is 1. The molecule has 0 unspecified atom stereocenters. The zero-order valence-corrected chi connectivity index (χ0v) is 10.8. The molecule has 94 valence electrons. The number of Topliss-reactive ketones (excluding diaryl/α,β-unsaturated/α-hetero) is 1. The monoisotopic (exact) mass is 251 g/mol. The van der Waals surface area contributed by atoms with Crippen LogP contribution in [0.5, 0.6) is 0 Å². The molecule has 0 bridgehead atoms. The van der Waals surface area contributed by atoms with E-state index in [-0.39, 0.29) is 5.78 Å². The maximum Gasteiger partial charge on any atom is 0.159 e. The molecular weight excluding hydrogens is 238 g/mol. The van der Waals surface area contributed by atoms with Gasteiger partial charge in [-0.05, 0) is 37.3 Å². The van der Waals surface area contributed by atoms with Crippen molar-refractivity contribution in [2.75, 3.05) is 0 Å². The van der Waals surface area contributed by atoms with E-state index in [0.717, 1.165) is 22.4 Å². The normalized spacial score (nSPS) is 10.8. The Bertz CT molecular complexity index is 760. The molecule has 0 aliphatic carbocycles. The molecule has 0 aliphatic heterocycles. The molecule has 0 saturated carbocycles. The van der Waals surface area contributed by atoms with Gasteiger partial charge in [-0.2, -0.15) is 0 Å². The minimum atomic E-state index is 0.0537. The van der Waals surface area contributed by atoms with Crippen molar-refractivity contribution < 1.29 is 4.79 Å². The molecule has 0 radical (unpaired) electrons. The number of carbonyl (C=O) groups is 1. The van der Waals surface area contributed by atoms with E-state index in [0.29, 0.717) is 5.56 Å². The number of imidazole rings is 1. The first-order chi connectivity index (χ1) is 9.16. The van der Waals surface area contributed by atoms with Crippen LogP contribution in [0.3, 0.4) is 0 Å². The van der Waals surface area contributed by atoms with Gasteiger partial charge >= 0.3 is 0 Å². The number of hydrogen-bond donors (Lipinski definition) is 0. The van der Waals surface area contributed by atoms with Crippen LogP contribution in [0.2, 0.25) is 0 Å². The molecule has 0 amide bonds. The maximum atomic E-state index is 11.4. The van der Waals surface area contributed by atoms with Gasteiger partial charge in [0, 0.05) is 30.6 Å². The van der Waals surface area contributed by atoms with Crippen molar-refractivity contribution in [3.8, 4) is 11.4 Å². The average Bonchev–Trinajstić information content (AvgIpc) is 2.76. The minimum absolute atomic E-state index is 0.0537. The fourth-order valence-corrected chi connectivity index (χ4v) is 2.18. The van der Waals surface area contributed by atoms with E-state index in [9.17, 15) is 4.79 Å². The molecule has 3 rings (SSSR count). The number of ketones is 1. The third-order valence-electron chi connectivity index (χ3n) is 3.23. The molecular formula is C15H13N3O. The summed E-state index contributed by atoms with van der Waals surface area (Å²) in [6.45, 7) is 1.56. The summed E-state index contributed by atoms with van der Waals surface area (Å²) in [5, 5.41) is 0. The zero-order valence-electron chi connectivity index (χ0n) is 10.8. The summed E-state index contributed by atoms with van der Waals surface area (Å²) in [7, 11) is 1.97. The summed E-state index contributed by atoms with van der Waals surface area (Å²) in [5.41, 5.74) is 3.55. The lowest BCUT2D eigenvalue weighted by molar-refractivity contribution is 0.101. The van der Waals surface area contributed by atoms with Crippen LogP contribution in [0, 0.1) is 0 Å². The first kappa shape index (κ1) is 11.6. The number of pyridine rings is 1. The summed E-state index contributed by atoms with van der Waals surface area (Å²) >= 11 is 0. The topological polar surface area (TPSA) is 47.8 Å². The fourth-order valence-electron chi connectivity index (χ4n) is 2.18. The quantitative estimate of drug-likeness (QED) is 0.658. The summed E-state index contributed by atoms with van der Waals surface area (Å²) in [4.78, 5) is 20.0. The van der Waals surface area contributed by atoms with Crippen molar-refractivity contribution >= 4 is 16.8 Å². The SMILES string of the molecule is CC(=O)c1ccc2c(c1)nc(-c1ccncc1)n2C. The van der Waals surface area contributed by atoms with Crippen LogP contribution in [0.1, 0.15) is 17.3 Å².